The van der Waals surface area contributed by atoms with E-state index in [0.29, 0.717) is 13.2 Å². The van der Waals surface area contributed by atoms with Gasteiger partial charge in [0, 0.05) is 19.2 Å². The van der Waals surface area contributed by atoms with Crippen molar-refractivity contribution in [2.24, 2.45) is 5.14 Å². The second-order valence-electron chi connectivity index (χ2n) is 4.59. The quantitative estimate of drug-likeness (QED) is 0.846. The molecule has 0 radical (unpaired) electrons. The zero-order valence-corrected chi connectivity index (χ0v) is 13.0. The van der Waals surface area contributed by atoms with E-state index >= 15 is 0 Å². The molecule has 1 aromatic rings. The first-order valence-corrected chi connectivity index (χ1v) is 7.89. The fourth-order valence-corrected chi connectivity index (χ4v) is 2.64. The van der Waals surface area contributed by atoms with Crippen molar-refractivity contribution in [2.45, 2.75) is 24.8 Å². The highest BCUT2D eigenvalue weighted by Gasteiger charge is 2.23. The summed E-state index contributed by atoms with van der Waals surface area (Å²) in [5, 5.41) is 4.93. The summed E-state index contributed by atoms with van der Waals surface area (Å²) in [7, 11) is -2.70. The number of likely N-dealkylation sites (N-methyl/N-ethyl adjacent to an activating group) is 1. The van der Waals surface area contributed by atoms with Crippen molar-refractivity contribution in [1.82, 2.24) is 4.90 Å². The summed E-state index contributed by atoms with van der Waals surface area (Å²) in [4.78, 5) is 13.2. The molecule has 0 aliphatic carbocycles. The summed E-state index contributed by atoms with van der Waals surface area (Å²) in [6.07, 6.45) is 0. The largest absolute Gasteiger partial charge is 0.383 e. The van der Waals surface area contributed by atoms with Crippen LogP contribution in [0.25, 0.3) is 0 Å². The molecular formula is C13H19FN2O4S. The zero-order chi connectivity index (χ0) is 16.2. The summed E-state index contributed by atoms with van der Waals surface area (Å²) in [6.45, 7) is 4.33. The number of carbonyl (C=O) groups is 1. The van der Waals surface area contributed by atoms with Gasteiger partial charge in [0.15, 0.2) is 0 Å². The Morgan fingerprint density at radius 1 is 1.48 bits per heavy atom. The van der Waals surface area contributed by atoms with E-state index in [9.17, 15) is 17.6 Å². The maximum absolute atomic E-state index is 13.5. The molecule has 118 valence electrons. The van der Waals surface area contributed by atoms with E-state index in [4.69, 9.17) is 9.88 Å². The van der Waals surface area contributed by atoms with Crippen LogP contribution in [0.4, 0.5) is 4.39 Å². The van der Waals surface area contributed by atoms with Crippen LogP contribution in [0, 0.1) is 5.82 Å². The minimum atomic E-state index is -4.22. The Morgan fingerprint density at radius 2 is 2.10 bits per heavy atom. The van der Waals surface area contributed by atoms with E-state index in [0.717, 1.165) is 12.1 Å². The molecule has 0 bridgehead atoms. The molecule has 1 unspecified atom stereocenters. The van der Waals surface area contributed by atoms with E-state index in [1.54, 1.807) is 13.8 Å². The topological polar surface area (TPSA) is 89.7 Å². The van der Waals surface area contributed by atoms with Gasteiger partial charge in [0.2, 0.25) is 10.0 Å². The summed E-state index contributed by atoms with van der Waals surface area (Å²) in [5.41, 5.74) is 0.0604. The average Bonchev–Trinajstić information content (AvgIpc) is 2.38. The molecular weight excluding hydrogens is 299 g/mol. The number of amides is 1. The summed E-state index contributed by atoms with van der Waals surface area (Å²) >= 11 is 0. The van der Waals surface area contributed by atoms with Crippen molar-refractivity contribution in [3.63, 3.8) is 0 Å². The number of benzene rings is 1. The molecule has 0 aliphatic heterocycles. The van der Waals surface area contributed by atoms with E-state index in [2.05, 4.69) is 0 Å². The van der Waals surface area contributed by atoms with E-state index in [-0.39, 0.29) is 11.6 Å². The van der Waals surface area contributed by atoms with Gasteiger partial charge >= 0.3 is 0 Å². The van der Waals surface area contributed by atoms with Crippen LogP contribution in [0.5, 0.6) is 0 Å². The lowest BCUT2D eigenvalue weighted by Gasteiger charge is -2.27. The van der Waals surface area contributed by atoms with Crippen LogP contribution in [0.1, 0.15) is 24.2 Å². The van der Waals surface area contributed by atoms with Gasteiger partial charge in [-0.15, -0.1) is 0 Å². The minimum Gasteiger partial charge on any atom is -0.383 e. The van der Waals surface area contributed by atoms with Gasteiger partial charge in [-0.2, -0.15) is 0 Å². The van der Waals surface area contributed by atoms with Crippen molar-refractivity contribution >= 4 is 15.9 Å². The van der Waals surface area contributed by atoms with Gasteiger partial charge in [0.05, 0.1) is 12.6 Å². The molecule has 0 fully saturated rings. The molecule has 0 aromatic heterocycles. The molecule has 0 aliphatic rings. The van der Waals surface area contributed by atoms with E-state index in [1.165, 1.54) is 18.1 Å². The molecule has 0 saturated carbocycles. The number of primary sulfonamides is 1. The number of sulfonamides is 1. The molecule has 1 amide bonds. The number of nitrogens with two attached hydrogens (primary N) is 1. The normalized spacial score (nSPS) is 13.0. The SMILES string of the molecule is CCN(C(=O)c1ccc(F)c(S(N)(=O)=O)c1)C(C)COC. The lowest BCUT2D eigenvalue weighted by molar-refractivity contribution is 0.0579. The second kappa shape index (κ2) is 6.97. The number of hydrogen-bond acceptors (Lipinski definition) is 4. The Kier molecular flexibility index (Phi) is 5.82. The van der Waals surface area contributed by atoms with Crippen molar-refractivity contribution in [2.75, 3.05) is 20.3 Å². The summed E-state index contributed by atoms with van der Waals surface area (Å²) < 4.78 is 41.1. The molecule has 1 rings (SSSR count). The maximum Gasteiger partial charge on any atom is 0.254 e. The standard InChI is InChI=1S/C13H19FN2O4S/c1-4-16(9(2)8-20-3)13(17)10-5-6-11(14)12(7-10)21(15,18)19/h5-7,9H,4,8H2,1-3H3,(H2,15,18,19). The predicted octanol–water partition coefficient (Wildman–Crippen LogP) is 0.970. The molecule has 2 N–H and O–H groups in total. The van der Waals surface area contributed by atoms with Gasteiger partial charge in [-0.3, -0.25) is 4.79 Å². The van der Waals surface area contributed by atoms with Gasteiger partial charge in [0.25, 0.3) is 5.91 Å². The van der Waals surface area contributed by atoms with E-state index in [1.807, 2.05) is 0 Å². The first-order valence-electron chi connectivity index (χ1n) is 6.34. The number of halogens is 1. The molecule has 0 spiro atoms. The first kappa shape index (κ1) is 17.5. The molecule has 0 saturated heterocycles. The zero-order valence-electron chi connectivity index (χ0n) is 12.2. The van der Waals surface area contributed by atoms with Gasteiger partial charge < -0.3 is 9.64 Å². The fourth-order valence-electron chi connectivity index (χ4n) is 2.01. The molecule has 6 nitrogen and oxygen atoms in total. The number of nitrogens with zero attached hydrogens (tertiary/aromatic N) is 1. The Balaban J connectivity index is 3.18. The smallest absolute Gasteiger partial charge is 0.254 e. The van der Waals surface area contributed by atoms with E-state index < -0.39 is 26.6 Å². The van der Waals surface area contributed by atoms with Crippen LogP contribution in [0.3, 0.4) is 0 Å². The predicted molar refractivity (Wildman–Crippen MR) is 75.8 cm³/mol. The van der Waals surface area contributed by atoms with Gasteiger partial charge in [-0.1, -0.05) is 0 Å². The van der Waals surface area contributed by atoms with Crippen molar-refractivity contribution < 1.29 is 22.3 Å². The highest BCUT2D eigenvalue weighted by atomic mass is 32.2. The third-order valence-corrected chi connectivity index (χ3v) is 3.95. The van der Waals surface area contributed by atoms with Crippen LogP contribution < -0.4 is 5.14 Å². The van der Waals surface area contributed by atoms with Crippen molar-refractivity contribution in [3.8, 4) is 0 Å². The maximum atomic E-state index is 13.5. The van der Waals surface area contributed by atoms with Crippen LogP contribution in [-0.2, 0) is 14.8 Å². The molecule has 0 heterocycles. The Hall–Kier alpha value is -1.51. The number of hydrogen-bond donors (Lipinski definition) is 1. The highest BCUT2D eigenvalue weighted by molar-refractivity contribution is 7.89. The van der Waals surface area contributed by atoms with Crippen LogP contribution >= 0.6 is 0 Å². The monoisotopic (exact) mass is 318 g/mol. The summed E-state index contributed by atoms with van der Waals surface area (Å²) in [6, 6.07) is 2.90. The minimum absolute atomic E-state index is 0.0604. The van der Waals surface area contributed by atoms with Crippen LogP contribution in [-0.4, -0.2) is 45.5 Å². The average molecular weight is 318 g/mol. The Labute approximate surface area is 123 Å². The second-order valence-corrected chi connectivity index (χ2v) is 6.12. The van der Waals surface area contributed by atoms with Gasteiger partial charge in [-0.05, 0) is 32.0 Å². The molecule has 8 heteroatoms. The third-order valence-electron chi connectivity index (χ3n) is 3.03. The fraction of sp³-hybridized carbons (Fsp3) is 0.462. The molecule has 1 aromatic carbocycles. The van der Waals surface area contributed by atoms with Crippen LogP contribution in [0.15, 0.2) is 23.1 Å². The number of rotatable bonds is 6. The highest BCUT2D eigenvalue weighted by Crippen LogP contribution is 2.17. The third kappa shape index (κ3) is 4.23. The van der Waals surface area contributed by atoms with Crippen molar-refractivity contribution in [1.29, 1.82) is 0 Å². The van der Waals surface area contributed by atoms with Crippen LogP contribution in [0.2, 0.25) is 0 Å². The number of carbonyl (C=O) groups excluding carboxylic acids is 1. The Morgan fingerprint density at radius 3 is 2.57 bits per heavy atom. The number of ether oxygens (including phenoxy) is 1. The summed E-state index contributed by atoms with van der Waals surface area (Å²) in [5.74, 6) is -1.39. The molecule has 1 atom stereocenters. The lowest BCUT2D eigenvalue weighted by Crippen LogP contribution is -2.41. The van der Waals surface area contributed by atoms with Crippen molar-refractivity contribution in [3.05, 3.63) is 29.6 Å². The van der Waals surface area contributed by atoms with Gasteiger partial charge in [0.1, 0.15) is 10.7 Å². The van der Waals surface area contributed by atoms with Gasteiger partial charge in [-0.25, -0.2) is 17.9 Å². The lowest BCUT2D eigenvalue weighted by atomic mass is 10.1. The Bertz CT molecular complexity index is 619. The first-order chi connectivity index (χ1) is 9.72. The molecule has 21 heavy (non-hydrogen) atoms. The number of methoxy groups -OCH3 is 1.